The molecule has 1 aromatic carbocycles. The minimum absolute atomic E-state index is 0.493. The smallest absolute Gasteiger partial charge is 0.235 e. The van der Waals surface area contributed by atoms with E-state index in [0.29, 0.717) is 11.8 Å². The van der Waals surface area contributed by atoms with Crippen LogP contribution in [0.3, 0.4) is 0 Å². The van der Waals surface area contributed by atoms with Crippen LogP contribution in [-0.2, 0) is 0 Å². The first kappa shape index (κ1) is 15.0. The van der Waals surface area contributed by atoms with E-state index in [1.807, 2.05) is 40.9 Å². The maximum absolute atomic E-state index is 5.54. The van der Waals surface area contributed by atoms with Crippen LogP contribution in [0.5, 0.6) is 5.75 Å². The highest BCUT2D eigenvalue weighted by Gasteiger charge is 2.21. The molecule has 0 bridgehead atoms. The molecule has 1 fully saturated rings. The van der Waals surface area contributed by atoms with Crippen LogP contribution < -0.4 is 10.1 Å². The van der Waals surface area contributed by atoms with Crippen molar-refractivity contribution in [2.45, 2.75) is 38.1 Å². The second kappa shape index (κ2) is 6.51. The summed E-state index contributed by atoms with van der Waals surface area (Å²) in [7, 11) is 1.70. The van der Waals surface area contributed by atoms with Gasteiger partial charge in [0, 0.05) is 24.0 Å². The molecule has 0 aliphatic heterocycles. The third-order valence-electron chi connectivity index (χ3n) is 4.71. The molecule has 24 heavy (non-hydrogen) atoms. The Morgan fingerprint density at radius 3 is 2.79 bits per heavy atom. The number of nitrogens with zero attached hydrogens (tertiary/aromatic N) is 3. The van der Waals surface area contributed by atoms with E-state index in [4.69, 9.17) is 9.72 Å². The van der Waals surface area contributed by atoms with Gasteiger partial charge in [-0.3, -0.25) is 4.40 Å². The first-order chi connectivity index (χ1) is 11.9. The third kappa shape index (κ3) is 2.70. The van der Waals surface area contributed by atoms with Crippen LogP contribution >= 0.6 is 0 Å². The second-order valence-corrected chi connectivity index (χ2v) is 6.28. The van der Waals surface area contributed by atoms with E-state index in [1.165, 1.54) is 32.1 Å². The van der Waals surface area contributed by atoms with Gasteiger partial charge in [-0.25, -0.2) is 9.97 Å². The summed E-state index contributed by atoms with van der Waals surface area (Å²) < 4.78 is 7.58. The fourth-order valence-electron chi connectivity index (χ4n) is 3.49. The van der Waals surface area contributed by atoms with Gasteiger partial charge in [0.15, 0.2) is 0 Å². The molecule has 5 heteroatoms. The Morgan fingerprint density at radius 1 is 1.12 bits per heavy atom. The van der Waals surface area contributed by atoms with Crippen molar-refractivity contribution in [1.82, 2.24) is 14.4 Å². The molecule has 1 aliphatic carbocycles. The highest BCUT2D eigenvalue weighted by molar-refractivity contribution is 5.79. The number of nitrogens with one attached hydrogen (secondary N) is 1. The zero-order valence-electron chi connectivity index (χ0n) is 13.9. The van der Waals surface area contributed by atoms with Gasteiger partial charge in [-0.15, -0.1) is 0 Å². The molecule has 0 saturated heterocycles. The van der Waals surface area contributed by atoms with E-state index in [9.17, 15) is 0 Å². The second-order valence-electron chi connectivity index (χ2n) is 6.28. The lowest BCUT2D eigenvalue weighted by Gasteiger charge is -2.24. The predicted molar refractivity (Wildman–Crippen MR) is 95.5 cm³/mol. The fraction of sp³-hybridized carbons (Fsp3) is 0.368. The van der Waals surface area contributed by atoms with Crippen LogP contribution in [0, 0.1) is 0 Å². The van der Waals surface area contributed by atoms with Crippen molar-refractivity contribution in [1.29, 1.82) is 0 Å². The zero-order chi connectivity index (χ0) is 16.4. The number of methoxy groups -OCH3 is 1. The first-order valence-electron chi connectivity index (χ1n) is 8.60. The molecule has 2 heterocycles. The highest BCUT2D eigenvalue weighted by atomic mass is 16.5. The molecule has 1 N–H and O–H groups in total. The van der Waals surface area contributed by atoms with Crippen molar-refractivity contribution in [3.8, 4) is 17.0 Å². The Balaban J connectivity index is 1.83. The number of imidazole rings is 1. The minimum atomic E-state index is 0.493. The Morgan fingerprint density at radius 2 is 1.96 bits per heavy atom. The first-order valence-corrected chi connectivity index (χ1v) is 8.60. The minimum Gasteiger partial charge on any atom is -0.496 e. The molecule has 124 valence electrons. The van der Waals surface area contributed by atoms with E-state index in [2.05, 4.69) is 10.3 Å². The van der Waals surface area contributed by atoms with Crippen molar-refractivity contribution >= 4 is 11.6 Å². The van der Waals surface area contributed by atoms with Gasteiger partial charge in [-0.2, -0.15) is 0 Å². The third-order valence-corrected chi connectivity index (χ3v) is 4.71. The number of anilines is 1. The summed E-state index contributed by atoms with van der Waals surface area (Å²) in [5.74, 6) is 2.54. The van der Waals surface area contributed by atoms with E-state index in [1.54, 1.807) is 13.3 Å². The Kier molecular flexibility index (Phi) is 4.07. The van der Waals surface area contributed by atoms with Gasteiger partial charge in [0.1, 0.15) is 17.3 Å². The summed E-state index contributed by atoms with van der Waals surface area (Å²) >= 11 is 0. The summed E-state index contributed by atoms with van der Waals surface area (Å²) in [6.07, 6.45) is 10.1. The number of benzene rings is 1. The summed E-state index contributed by atoms with van der Waals surface area (Å²) in [5.41, 5.74) is 1.89. The van der Waals surface area contributed by atoms with Crippen LogP contribution in [0.25, 0.3) is 17.0 Å². The molecule has 3 aromatic rings. The van der Waals surface area contributed by atoms with Crippen LogP contribution in [0.2, 0.25) is 0 Å². The molecule has 1 saturated carbocycles. The molecule has 0 radical (unpaired) electrons. The van der Waals surface area contributed by atoms with Gasteiger partial charge in [0.05, 0.1) is 7.11 Å². The quantitative estimate of drug-likeness (QED) is 0.784. The number of hydrogen-bond donors (Lipinski definition) is 1. The summed E-state index contributed by atoms with van der Waals surface area (Å²) in [5, 5.41) is 3.73. The largest absolute Gasteiger partial charge is 0.496 e. The normalized spacial score (nSPS) is 15.5. The van der Waals surface area contributed by atoms with Gasteiger partial charge < -0.3 is 10.1 Å². The van der Waals surface area contributed by atoms with E-state index in [-0.39, 0.29) is 0 Å². The number of fused-ring (bicyclic) bond motifs is 1. The predicted octanol–water partition coefficient (Wildman–Crippen LogP) is 4.15. The topological polar surface area (TPSA) is 51.5 Å². The average Bonchev–Trinajstić information content (AvgIpc) is 3.01. The zero-order valence-corrected chi connectivity index (χ0v) is 13.9. The van der Waals surface area contributed by atoms with Gasteiger partial charge in [-0.05, 0) is 31.0 Å². The molecular weight excluding hydrogens is 300 g/mol. The summed E-state index contributed by atoms with van der Waals surface area (Å²) in [4.78, 5) is 9.17. The Hall–Kier alpha value is -2.56. The molecule has 2 aromatic heterocycles. The fourth-order valence-corrected chi connectivity index (χ4v) is 3.49. The summed E-state index contributed by atoms with van der Waals surface area (Å²) in [6.45, 7) is 0. The molecule has 0 amide bonds. The van der Waals surface area contributed by atoms with Crippen molar-refractivity contribution in [2.75, 3.05) is 12.4 Å². The Bertz CT molecular complexity index is 836. The van der Waals surface area contributed by atoms with E-state index >= 15 is 0 Å². The number of para-hydroxylation sites is 1. The lowest BCUT2D eigenvalue weighted by Crippen LogP contribution is -2.23. The van der Waals surface area contributed by atoms with Crippen LogP contribution in [-0.4, -0.2) is 27.5 Å². The van der Waals surface area contributed by atoms with Crippen molar-refractivity contribution < 1.29 is 4.74 Å². The van der Waals surface area contributed by atoms with Crippen LogP contribution in [0.1, 0.15) is 32.1 Å². The van der Waals surface area contributed by atoms with Gasteiger partial charge >= 0.3 is 0 Å². The number of aromatic nitrogens is 3. The molecule has 0 atom stereocenters. The molecule has 0 unspecified atom stereocenters. The maximum atomic E-state index is 5.54. The van der Waals surface area contributed by atoms with Crippen molar-refractivity contribution in [2.24, 2.45) is 0 Å². The van der Waals surface area contributed by atoms with Gasteiger partial charge in [0.2, 0.25) is 5.78 Å². The molecule has 0 spiro atoms. The number of ether oxygens (including phenoxy) is 1. The van der Waals surface area contributed by atoms with Crippen molar-refractivity contribution in [3.05, 3.63) is 42.7 Å². The standard InChI is InChI=1S/C19H22N4O/c1-24-16-11-6-5-10-15(16)17-18(21-14-8-3-2-4-9-14)23-13-7-12-20-19(23)22-17/h5-7,10-14,21H,2-4,8-9H2,1H3. The lowest BCUT2D eigenvalue weighted by atomic mass is 9.95. The van der Waals surface area contributed by atoms with Crippen molar-refractivity contribution in [3.63, 3.8) is 0 Å². The van der Waals surface area contributed by atoms with Crippen LogP contribution in [0.15, 0.2) is 42.7 Å². The molecule has 4 rings (SSSR count). The number of hydrogen-bond acceptors (Lipinski definition) is 4. The maximum Gasteiger partial charge on any atom is 0.235 e. The van der Waals surface area contributed by atoms with Gasteiger partial charge in [-0.1, -0.05) is 31.4 Å². The summed E-state index contributed by atoms with van der Waals surface area (Å²) in [6, 6.07) is 10.4. The lowest BCUT2D eigenvalue weighted by molar-refractivity contribution is 0.416. The van der Waals surface area contributed by atoms with Crippen LogP contribution in [0.4, 0.5) is 5.82 Å². The van der Waals surface area contributed by atoms with E-state index < -0.39 is 0 Å². The van der Waals surface area contributed by atoms with Gasteiger partial charge in [0.25, 0.3) is 0 Å². The monoisotopic (exact) mass is 322 g/mol. The molecule has 5 nitrogen and oxygen atoms in total. The number of rotatable bonds is 4. The Labute approximate surface area is 141 Å². The molecular formula is C19H22N4O. The highest BCUT2D eigenvalue weighted by Crippen LogP contribution is 2.35. The molecule has 1 aliphatic rings. The van der Waals surface area contributed by atoms with E-state index in [0.717, 1.165) is 22.8 Å². The SMILES string of the molecule is COc1ccccc1-c1nc2ncccn2c1NC1CCCCC1. The average molecular weight is 322 g/mol.